The van der Waals surface area contributed by atoms with Crippen LogP contribution in [0.2, 0.25) is 0 Å². The van der Waals surface area contributed by atoms with Crippen molar-refractivity contribution in [2.24, 2.45) is 0 Å². The summed E-state index contributed by atoms with van der Waals surface area (Å²) in [5.41, 5.74) is 1.90. The fourth-order valence-electron chi connectivity index (χ4n) is 4.49. The first kappa shape index (κ1) is 24.2. The van der Waals surface area contributed by atoms with Crippen molar-refractivity contribution in [2.75, 3.05) is 32.9 Å². The lowest BCUT2D eigenvalue weighted by atomic mass is 10.1. The van der Waals surface area contributed by atoms with Gasteiger partial charge in [-0.2, -0.15) is 0 Å². The molecule has 0 aliphatic carbocycles. The molecule has 1 unspecified atom stereocenters. The number of likely N-dealkylation sites (tertiary alicyclic amines) is 1. The lowest BCUT2D eigenvalue weighted by Gasteiger charge is -2.34. The summed E-state index contributed by atoms with van der Waals surface area (Å²) in [6, 6.07) is 22.1. The van der Waals surface area contributed by atoms with Crippen molar-refractivity contribution in [3.63, 3.8) is 0 Å². The molecule has 4 rings (SSSR count). The van der Waals surface area contributed by atoms with E-state index >= 15 is 0 Å². The lowest BCUT2D eigenvalue weighted by molar-refractivity contribution is -0.0880. The Morgan fingerprint density at radius 3 is 2.59 bits per heavy atom. The second-order valence-corrected chi connectivity index (χ2v) is 8.73. The van der Waals surface area contributed by atoms with Crippen LogP contribution in [0.25, 0.3) is 10.8 Å². The van der Waals surface area contributed by atoms with Gasteiger partial charge in [-0.25, -0.2) is 4.79 Å². The summed E-state index contributed by atoms with van der Waals surface area (Å²) in [5.74, 6) is 0.507. The number of rotatable bonds is 11. The van der Waals surface area contributed by atoms with Crippen molar-refractivity contribution in [3.05, 3.63) is 77.9 Å². The van der Waals surface area contributed by atoms with Crippen LogP contribution < -0.4 is 4.74 Å². The zero-order chi connectivity index (χ0) is 23.6. The molecule has 0 aromatic heterocycles. The van der Waals surface area contributed by atoms with Crippen molar-refractivity contribution in [2.45, 2.75) is 45.3 Å². The Bertz CT molecular complexity index is 1050. The smallest absolute Gasteiger partial charge is 0.338 e. The zero-order valence-corrected chi connectivity index (χ0v) is 20.1. The van der Waals surface area contributed by atoms with Crippen LogP contribution in [0.5, 0.6) is 5.75 Å². The predicted molar refractivity (Wildman–Crippen MR) is 135 cm³/mol. The van der Waals surface area contributed by atoms with Gasteiger partial charge in [-0.1, -0.05) is 48.9 Å². The van der Waals surface area contributed by atoms with Crippen molar-refractivity contribution < 1.29 is 19.0 Å². The summed E-state index contributed by atoms with van der Waals surface area (Å²) in [5, 5.41) is 1.94. The number of carbonyl (C=O) groups excluding carboxylic acids is 1. The van der Waals surface area contributed by atoms with E-state index in [1.165, 1.54) is 24.8 Å². The first-order valence-electron chi connectivity index (χ1n) is 12.5. The van der Waals surface area contributed by atoms with Crippen LogP contribution in [-0.2, 0) is 15.9 Å². The Morgan fingerprint density at radius 1 is 0.971 bits per heavy atom. The summed E-state index contributed by atoms with van der Waals surface area (Å²) >= 11 is 0. The topological polar surface area (TPSA) is 48.0 Å². The van der Waals surface area contributed by atoms with Crippen molar-refractivity contribution in [1.29, 1.82) is 0 Å². The van der Waals surface area contributed by atoms with Gasteiger partial charge in [0.05, 0.1) is 12.2 Å². The number of carbonyl (C=O) groups is 1. The van der Waals surface area contributed by atoms with Crippen LogP contribution in [0.15, 0.2) is 66.7 Å². The first-order valence-corrected chi connectivity index (χ1v) is 12.5. The second kappa shape index (κ2) is 12.5. The molecule has 1 aliphatic rings. The fourth-order valence-corrected chi connectivity index (χ4v) is 4.49. The highest BCUT2D eigenvalue weighted by atomic mass is 16.5. The molecule has 1 heterocycles. The van der Waals surface area contributed by atoms with E-state index < -0.39 is 0 Å². The summed E-state index contributed by atoms with van der Waals surface area (Å²) in [7, 11) is 0. The highest BCUT2D eigenvalue weighted by Crippen LogP contribution is 2.27. The lowest BCUT2D eigenvalue weighted by Crippen LogP contribution is -2.44. The number of piperidine rings is 1. The van der Waals surface area contributed by atoms with E-state index in [-0.39, 0.29) is 12.2 Å². The van der Waals surface area contributed by atoms with Crippen LogP contribution in [-0.4, -0.2) is 50.0 Å². The molecule has 0 radical (unpaired) electrons. The van der Waals surface area contributed by atoms with Gasteiger partial charge in [0, 0.05) is 25.1 Å². The van der Waals surface area contributed by atoms with Gasteiger partial charge in [-0.15, -0.1) is 0 Å². The summed E-state index contributed by atoms with van der Waals surface area (Å²) in [6.45, 7) is 5.45. The number of benzene rings is 3. The third-order valence-electron chi connectivity index (χ3n) is 6.29. The molecule has 34 heavy (non-hydrogen) atoms. The van der Waals surface area contributed by atoms with Gasteiger partial charge < -0.3 is 14.2 Å². The van der Waals surface area contributed by atoms with Gasteiger partial charge in [0.15, 0.2) is 0 Å². The normalized spacial score (nSPS) is 15.2. The van der Waals surface area contributed by atoms with Gasteiger partial charge >= 0.3 is 5.97 Å². The van der Waals surface area contributed by atoms with Gasteiger partial charge in [0.2, 0.25) is 0 Å². The molecule has 0 saturated carbocycles. The summed E-state index contributed by atoms with van der Waals surface area (Å²) in [4.78, 5) is 14.5. The number of ether oxygens (including phenoxy) is 3. The van der Waals surface area contributed by atoms with Gasteiger partial charge in [-0.05, 0) is 67.8 Å². The van der Waals surface area contributed by atoms with E-state index in [2.05, 4.69) is 35.2 Å². The molecule has 1 aliphatic heterocycles. The van der Waals surface area contributed by atoms with Crippen molar-refractivity contribution in [1.82, 2.24) is 4.90 Å². The number of fused-ring (bicyclic) bond motifs is 1. The third-order valence-corrected chi connectivity index (χ3v) is 6.29. The molecule has 1 atom stereocenters. The van der Waals surface area contributed by atoms with Crippen LogP contribution in [0.1, 0.15) is 48.5 Å². The van der Waals surface area contributed by atoms with Gasteiger partial charge in [0.25, 0.3) is 0 Å². The largest absolute Gasteiger partial charge is 0.489 e. The molecule has 3 aromatic carbocycles. The van der Waals surface area contributed by atoms with Crippen LogP contribution in [0.3, 0.4) is 0 Å². The minimum absolute atomic E-state index is 0.0647. The van der Waals surface area contributed by atoms with E-state index in [0.717, 1.165) is 42.5 Å². The van der Waals surface area contributed by atoms with E-state index in [4.69, 9.17) is 14.2 Å². The zero-order valence-electron chi connectivity index (χ0n) is 20.1. The maximum Gasteiger partial charge on any atom is 0.338 e. The minimum Gasteiger partial charge on any atom is -0.489 e. The first-order chi connectivity index (χ1) is 16.7. The van der Waals surface area contributed by atoms with E-state index in [1.807, 2.05) is 37.3 Å². The quantitative estimate of drug-likeness (QED) is 0.265. The third kappa shape index (κ3) is 6.58. The number of aryl methyl sites for hydroxylation is 1. The SMILES string of the molecule is CCOC(=O)c1ccc2c(OCC(OCCCc3ccccc3)N3CCCCC3)cccc2c1. The molecular weight excluding hydrogens is 426 g/mol. The molecule has 0 amide bonds. The Kier molecular flexibility index (Phi) is 8.94. The minimum atomic E-state index is -0.301. The predicted octanol–water partition coefficient (Wildman–Crippen LogP) is 5.86. The molecule has 3 aromatic rings. The van der Waals surface area contributed by atoms with Gasteiger partial charge in [-0.3, -0.25) is 4.90 Å². The molecular formula is C29H35NO4. The standard InChI is InChI=1S/C29H35NO4/c1-2-32-29(31)25-16-17-26-24(21-25)14-9-15-27(26)34-22-28(30-18-7-4-8-19-30)33-20-10-13-23-11-5-3-6-12-23/h3,5-6,9,11-12,14-17,21,28H,2,4,7-8,10,13,18-20,22H2,1H3. The number of hydrogen-bond acceptors (Lipinski definition) is 5. The summed E-state index contributed by atoms with van der Waals surface area (Å²) < 4.78 is 17.8. The van der Waals surface area contributed by atoms with Crippen LogP contribution in [0.4, 0.5) is 0 Å². The molecule has 1 saturated heterocycles. The van der Waals surface area contributed by atoms with E-state index in [9.17, 15) is 4.79 Å². The molecule has 180 valence electrons. The van der Waals surface area contributed by atoms with E-state index in [0.29, 0.717) is 25.4 Å². The average molecular weight is 462 g/mol. The molecule has 5 nitrogen and oxygen atoms in total. The maximum atomic E-state index is 12.1. The highest BCUT2D eigenvalue weighted by molar-refractivity contribution is 5.97. The average Bonchev–Trinajstić information content (AvgIpc) is 2.89. The molecule has 1 fully saturated rings. The monoisotopic (exact) mass is 461 g/mol. The number of hydrogen-bond donors (Lipinski definition) is 0. The highest BCUT2D eigenvalue weighted by Gasteiger charge is 2.22. The molecule has 5 heteroatoms. The maximum absolute atomic E-state index is 12.1. The Hall–Kier alpha value is -2.89. The van der Waals surface area contributed by atoms with Crippen LogP contribution in [0, 0.1) is 0 Å². The Labute approximate surface area is 202 Å². The molecule has 0 bridgehead atoms. The second-order valence-electron chi connectivity index (χ2n) is 8.73. The number of nitrogens with zero attached hydrogens (tertiary/aromatic N) is 1. The van der Waals surface area contributed by atoms with Crippen molar-refractivity contribution in [3.8, 4) is 5.75 Å². The summed E-state index contributed by atoms with van der Waals surface area (Å²) in [6.07, 6.45) is 5.62. The van der Waals surface area contributed by atoms with E-state index in [1.54, 1.807) is 6.07 Å². The Morgan fingerprint density at radius 2 is 1.79 bits per heavy atom. The molecule has 0 N–H and O–H groups in total. The fraction of sp³-hybridized carbons (Fsp3) is 0.414. The van der Waals surface area contributed by atoms with Gasteiger partial charge in [0.1, 0.15) is 18.6 Å². The van der Waals surface area contributed by atoms with Crippen molar-refractivity contribution >= 4 is 16.7 Å². The Balaban J connectivity index is 1.40. The molecule has 0 spiro atoms. The number of esters is 1. The van der Waals surface area contributed by atoms with Crippen LogP contribution >= 0.6 is 0 Å².